The molecule has 0 unspecified atom stereocenters. The summed E-state index contributed by atoms with van der Waals surface area (Å²) >= 11 is 0. The van der Waals surface area contributed by atoms with Gasteiger partial charge in [0, 0.05) is 35.5 Å². The van der Waals surface area contributed by atoms with Crippen LogP contribution in [0.1, 0.15) is 37.7 Å². The number of nitrogens with zero attached hydrogens (tertiary/aromatic N) is 1. The SMILES string of the molecule is O=C1[C@@H]2CN3CCC[C@]45CC[C@@]6(Nc7ccccc7[C@@]26[C@@H]34)[C@H]1C5. The summed E-state index contributed by atoms with van der Waals surface area (Å²) in [4.78, 5) is 16.1. The molecule has 3 spiro atoms. The van der Waals surface area contributed by atoms with Gasteiger partial charge in [0.2, 0.25) is 0 Å². The number of carbonyl (C=O) groups excluding carboxylic acids is 1. The van der Waals surface area contributed by atoms with E-state index in [1.54, 1.807) is 0 Å². The van der Waals surface area contributed by atoms with Gasteiger partial charge in [-0.1, -0.05) is 18.2 Å². The molecular weight excluding hydrogens is 284 g/mol. The van der Waals surface area contributed by atoms with E-state index in [-0.39, 0.29) is 22.8 Å². The van der Waals surface area contributed by atoms with Crippen LogP contribution in [0.5, 0.6) is 0 Å². The maximum Gasteiger partial charge on any atom is 0.143 e. The molecule has 1 aromatic rings. The number of fused-ring (bicyclic) bond motifs is 2. The van der Waals surface area contributed by atoms with E-state index in [2.05, 4.69) is 34.5 Å². The Hall–Kier alpha value is -1.35. The highest BCUT2D eigenvalue weighted by atomic mass is 16.1. The van der Waals surface area contributed by atoms with Gasteiger partial charge in [-0.05, 0) is 55.7 Å². The molecule has 4 aliphatic carbocycles. The van der Waals surface area contributed by atoms with Gasteiger partial charge in [0.25, 0.3) is 0 Å². The van der Waals surface area contributed by atoms with Crippen LogP contribution in [0.3, 0.4) is 0 Å². The summed E-state index contributed by atoms with van der Waals surface area (Å²) in [6.45, 7) is 2.24. The number of nitrogens with one attached hydrogen (secondary N) is 1. The zero-order valence-electron chi connectivity index (χ0n) is 13.3. The molecule has 4 saturated carbocycles. The quantitative estimate of drug-likeness (QED) is 0.799. The second-order valence-electron chi connectivity index (χ2n) is 9.09. The second-order valence-corrected chi connectivity index (χ2v) is 9.09. The van der Waals surface area contributed by atoms with Crippen LogP contribution in [0.15, 0.2) is 24.3 Å². The van der Waals surface area contributed by atoms with Crippen LogP contribution >= 0.6 is 0 Å². The largest absolute Gasteiger partial charge is 0.378 e. The zero-order chi connectivity index (χ0) is 15.0. The number of anilines is 1. The molecule has 3 nitrogen and oxygen atoms in total. The van der Waals surface area contributed by atoms with Gasteiger partial charge < -0.3 is 5.32 Å². The van der Waals surface area contributed by atoms with Gasteiger partial charge in [0.1, 0.15) is 5.78 Å². The zero-order valence-corrected chi connectivity index (χ0v) is 13.3. The standard InChI is InChI=1S/C20H22N2O/c23-16-13-10-18-6-3-9-22-11-14(16)20(17(18)22)12-4-1-2-5-15(12)21-19(13,20)8-7-18/h1-2,4-5,13-14,17,21H,3,6-11H2/t13-,14-,17-,18+,19+,20-/m0/s1. The Labute approximate surface area is 136 Å². The highest BCUT2D eigenvalue weighted by molar-refractivity contribution is 5.96. The normalized spacial score (nSPS) is 54.1. The molecular formula is C20H22N2O. The predicted octanol–water partition coefficient (Wildman–Crippen LogP) is 2.57. The fraction of sp³-hybridized carbons (Fsp3) is 0.650. The Bertz CT molecular complexity index is 790. The number of piperidine rings is 1. The summed E-state index contributed by atoms with van der Waals surface area (Å²) in [5.74, 6) is 1.11. The van der Waals surface area contributed by atoms with Crippen molar-refractivity contribution in [2.24, 2.45) is 17.3 Å². The minimum atomic E-state index is 0.0386. The van der Waals surface area contributed by atoms with Gasteiger partial charge in [0.05, 0.1) is 5.54 Å². The molecule has 1 aromatic carbocycles. The first-order chi connectivity index (χ1) is 11.2. The van der Waals surface area contributed by atoms with Crippen LogP contribution in [0.4, 0.5) is 5.69 Å². The lowest BCUT2D eigenvalue weighted by atomic mass is 9.41. The van der Waals surface area contributed by atoms with Crippen molar-refractivity contribution in [1.82, 2.24) is 4.90 Å². The fourth-order valence-electron chi connectivity index (χ4n) is 8.57. The number of carbonyl (C=O) groups is 1. The highest BCUT2D eigenvalue weighted by Crippen LogP contribution is 2.79. The van der Waals surface area contributed by atoms with Crippen LogP contribution in [0.25, 0.3) is 0 Å². The highest BCUT2D eigenvalue weighted by Gasteiger charge is 2.86. The minimum Gasteiger partial charge on any atom is -0.378 e. The first-order valence-electron chi connectivity index (χ1n) is 9.38. The number of Topliss-reactive ketones (excluding diaryl/α,β-unsaturated/α-hetero) is 1. The van der Waals surface area contributed by atoms with E-state index in [1.807, 2.05) is 0 Å². The first kappa shape index (κ1) is 12.1. The van der Waals surface area contributed by atoms with E-state index in [0.29, 0.717) is 17.2 Å². The summed E-state index contributed by atoms with van der Waals surface area (Å²) in [7, 11) is 0. The summed E-state index contributed by atoms with van der Waals surface area (Å²) in [5, 5.41) is 3.96. The minimum absolute atomic E-state index is 0.0386. The maximum atomic E-state index is 13.4. The van der Waals surface area contributed by atoms with Gasteiger partial charge in [0.15, 0.2) is 0 Å². The van der Waals surface area contributed by atoms with E-state index >= 15 is 0 Å². The van der Waals surface area contributed by atoms with Crippen LogP contribution in [0.2, 0.25) is 0 Å². The van der Waals surface area contributed by atoms with Crippen LogP contribution < -0.4 is 5.32 Å². The summed E-state index contributed by atoms with van der Waals surface area (Å²) < 4.78 is 0. The monoisotopic (exact) mass is 306 g/mol. The number of rotatable bonds is 0. The molecule has 8 rings (SSSR count). The van der Waals surface area contributed by atoms with Gasteiger partial charge in [-0.2, -0.15) is 0 Å². The van der Waals surface area contributed by atoms with Crippen molar-refractivity contribution in [2.75, 3.05) is 18.4 Å². The lowest BCUT2D eigenvalue weighted by Crippen LogP contribution is -2.74. The van der Waals surface area contributed by atoms with Gasteiger partial charge in [-0.3, -0.25) is 9.69 Å². The smallest absolute Gasteiger partial charge is 0.143 e. The lowest BCUT2D eigenvalue weighted by molar-refractivity contribution is -0.136. The molecule has 0 aromatic heterocycles. The molecule has 3 aliphatic heterocycles. The van der Waals surface area contributed by atoms with Crippen molar-refractivity contribution < 1.29 is 4.79 Å². The van der Waals surface area contributed by atoms with Crippen molar-refractivity contribution >= 4 is 11.5 Å². The van der Waals surface area contributed by atoms with E-state index in [9.17, 15) is 4.79 Å². The molecule has 6 atom stereocenters. The average molecular weight is 306 g/mol. The van der Waals surface area contributed by atoms with E-state index in [0.717, 1.165) is 13.0 Å². The summed E-state index contributed by atoms with van der Waals surface area (Å²) in [5.41, 5.74) is 3.36. The molecule has 7 aliphatic rings. The number of benzene rings is 1. The van der Waals surface area contributed by atoms with Crippen molar-refractivity contribution in [3.8, 4) is 0 Å². The Morgan fingerprint density at radius 3 is 3.00 bits per heavy atom. The lowest BCUT2D eigenvalue weighted by Gasteiger charge is -2.67. The van der Waals surface area contributed by atoms with E-state index < -0.39 is 0 Å². The van der Waals surface area contributed by atoms with E-state index in [4.69, 9.17) is 0 Å². The Morgan fingerprint density at radius 1 is 1.13 bits per heavy atom. The van der Waals surface area contributed by atoms with Gasteiger partial charge in [-0.15, -0.1) is 0 Å². The maximum absolute atomic E-state index is 13.4. The first-order valence-corrected chi connectivity index (χ1v) is 9.38. The van der Waals surface area contributed by atoms with Crippen molar-refractivity contribution in [1.29, 1.82) is 0 Å². The molecule has 0 amide bonds. The second kappa shape index (κ2) is 3.23. The predicted molar refractivity (Wildman–Crippen MR) is 87.3 cm³/mol. The summed E-state index contributed by atoms with van der Waals surface area (Å²) in [6, 6.07) is 9.55. The van der Waals surface area contributed by atoms with Crippen molar-refractivity contribution in [2.45, 2.75) is 49.1 Å². The Morgan fingerprint density at radius 2 is 2.04 bits per heavy atom. The molecule has 4 bridgehead atoms. The van der Waals surface area contributed by atoms with Gasteiger partial charge in [-0.25, -0.2) is 0 Å². The molecule has 6 fully saturated rings. The third-order valence-electron chi connectivity index (χ3n) is 8.84. The molecule has 3 heteroatoms. The van der Waals surface area contributed by atoms with Crippen molar-refractivity contribution in [3.05, 3.63) is 29.8 Å². The van der Waals surface area contributed by atoms with Gasteiger partial charge >= 0.3 is 0 Å². The fourth-order valence-corrected chi connectivity index (χ4v) is 8.57. The van der Waals surface area contributed by atoms with Crippen LogP contribution in [0, 0.1) is 17.3 Å². The number of hydrogen-bond donors (Lipinski definition) is 1. The third kappa shape index (κ3) is 0.914. The molecule has 23 heavy (non-hydrogen) atoms. The summed E-state index contributed by atoms with van der Waals surface area (Å²) in [6.07, 6.45) is 6.38. The average Bonchev–Trinajstić information content (AvgIpc) is 3.13. The molecule has 0 radical (unpaired) electrons. The third-order valence-corrected chi connectivity index (χ3v) is 8.84. The van der Waals surface area contributed by atoms with E-state index in [1.165, 1.54) is 43.5 Å². The number of hydrogen-bond acceptors (Lipinski definition) is 3. The molecule has 1 N–H and O–H groups in total. The van der Waals surface area contributed by atoms with Crippen LogP contribution in [-0.4, -0.2) is 35.4 Å². The van der Waals surface area contributed by atoms with Crippen LogP contribution in [-0.2, 0) is 10.2 Å². The molecule has 118 valence electrons. The Kier molecular flexibility index (Phi) is 1.70. The topological polar surface area (TPSA) is 32.3 Å². The molecule has 3 heterocycles. The number of para-hydroxylation sites is 1. The Balaban J connectivity index is 1.64. The number of ketones is 1. The molecule has 2 saturated heterocycles. The van der Waals surface area contributed by atoms with Crippen molar-refractivity contribution in [3.63, 3.8) is 0 Å².